The van der Waals surface area contributed by atoms with Gasteiger partial charge < -0.3 is 5.11 Å². The van der Waals surface area contributed by atoms with Crippen molar-refractivity contribution in [2.24, 2.45) is 0 Å². The molecule has 1 rings (SSSR count). The standard InChI is InChI=1S/C9H17NO3S/c1-2-6-10(9-4-5-9)14(12,13)8-3-7-11/h2,9,11H,1,3-8H2. The minimum atomic E-state index is -3.18. The van der Waals surface area contributed by atoms with Gasteiger partial charge in [-0.15, -0.1) is 6.58 Å². The van der Waals surface area contributed by atoms with Gasteiger partial charge in [0.1, 0.15) is 0 Å². The predicted molar refractivity (Wildman–Crippen MR) is 55.4 cm³/mol. The zero-order valence-corrected chi connectivity index (χ0v) is 9.04. The zero-order valence-electron chi connectivity index (χ0n) is 8.22. The van der Waals surface area contributed by atoms with Gasteiger partial charge in [0.15, 0.2) is 0 Å². The second-order valence-corrected chi connectivity index (χ2v) is 5.52. The zero-order chi connectivity index (χ0) is 10.6. The molecule has 0 aromatic rings. The maximum absolute atomic E-state index is 11.7. The Hall–Kier alpha value is -0.390. The number of hydrogen-bond acceptors (Lipinski definition) is 3. The van der Waals surface area contributed by atoms with Crippen molar-refractivity contribution in [2.75, 3.05) is 18.9 Å². The highest BCUT2D eigenvalue weighted by molar-refractivity contribution is 7.89. The Balaban J connectivity index is 2.60. The van der Waals surface area contributed by atoms with Gasteiger partial charge in [0, 0.05) is 19.2 Å². The molecule has 0 aromatic carbocycles. The van der Waals surface area contributed by atoms with Crippen molar-refractivity contribution in [2.45, 2.75) is 25.3 Å². The second-order valence-electron chi connectivity index (χ2n) is 3.48. The first kappa shape index (κ1) is 11.7. The summed E-state index contributed by atoms with van der Waals surface area (Å²) in [7, 11) is -3.18. The quantitative estimate of drug-likeness (QED) is 0.629. The Labute approximate surface area is 85.3 Å². The summed E-state index contributed by atoms with van der Waals surface area (Å²) in [6.45, 7) is 3.86. The largest absolute Gasteiger partial charge is 0.396 e. The van der Waals surface area contributed by atoms with E-state index in [0.29, 0.717) is 13.0 Å². The fourth-order valence-electron chi connectivity index (χ4n) is 1.34. The normalized spacial score (nSPS) is 17.3. The molecule has 1 fully saturated rings. The summed E-state index contributed by atoms with van der Waals surface area (Å²) in [4.78, 5) is 0. The van der Waals surface area contributed by atoms with Gasteiger partial charge >= 0.3 is 0 Å². The topological polar surface area (TPSA) is 57.6 Å². The van der Waals surface area contributed by atoms with Crippen LogP contribution in [0.4, 0.5) is 0 Å². The molecule has 0 unspecified atom stereocenters. The lowest BCUT2D eigenvalue weighted by atomic mass is 10.5. The third-order valence-corrected chi connectivity index (χ3v) is 4.15. The van der Waals surface area contributed by atoms with Crippen LogP contribution in [0.3, 0.4) is 0 Å². The maximum Gasteiger partial charge on any atom is 0.214 e. The van der Waals surface area contributed by atoms with Crippen LogP contribution in [0, 0.1) is 0 Å². The molecule has 82 valence electrons. The van der Waals surface area contributed by atoms with Crippen molar-refractivity contribution in [1.29, 1.82) is 0 Å². The van der Waals surface area contributed by atoms with E-state index in [4.69, 9.17) is 5.11 Å². The van der Waals surface area contributed by atoms with E-state index in [9.17, 15) is 8.42 Å². The number of rotatable bonds is 7. The van der Waals surface area contributed by atoms with Gasteiger partial charge in [-0.25, -0.2) is 8.42 Å². The summed E-state index contributed by atoms with van der Waals surface area (Å²) in [6.07, 6.45) is 3.82. The van der Waals surface area contributed by atoms with Gasteiger partial charge in [-0.1, -0.05) is 6.08 Å². The molecule has 0 heterocycles. The molecular formula is C9H17NO3S. The van der Waals surface area contributed by atoms with E-state index in [-0.39, 0.29) is 18.4 Å². The van der Waals surface area contributed by atoms with E-state index in [1.54, 1.807) is 6.08 Å². The van der Waals surface area contributed by atoms with Crippen molar-refractivity contribution in [3.05, 3.63) is 12.7 Å². The third kappa shape index (κ3) is 3.08. The average molecular weight is 219 g/mol. The molecular weight excluding hydrogens is 202 g/mol. The first-order valence-electron chi connectivity index (χ1n) is 4.83. The van der Waals surface area contributed by atoms with Crippen molar-refractivity contribution in [3.8, 4) is 0 Å². The Morgan fingerprint density at radius 1 is 1.50 bits per heavy atom. The molecule has 0 atom stereocenters. The van der Waals surface area contributed by atoms with Gasteiger partial charge in [-0.05, 0) is 19.3 Å². The van der Waals surface area contributed by atoms with Crippen molar-refractivity contribution in [1.82, 2.24) is 4.31 Å². The van der Waals surface area contributed by atoms with E-state index in [0.717, 1.165) is 12.8 Å². The van der Waals surface area contributed by atoms with Crippen LogP contribution in [0.25, 0.3) is 0 Å². The number of nitrogens with zero attached hydrogens (tertiary/aromatic N) is 1. The molecule has 0 spiro atoms. The van der Waals surface area contributed by atoms with Crippen molar-refractivity contribution < 1.29 is 13.5 Å². The van der Waals surface area contributed by atoms with Gasteiger partial charge in [0.25, 0.3) is 0 Å². The minimum absolute atomic E-state index is 0.0356. The summed E-state index contributed by atoms with van der Waals surface area (Å²) in [5.41, 5.74) is 0. The molecule has 0 aromatic heterocycles. The summed E-state index contributed by atoms with van der Waals surface area (Å²) in [5, 5.41) is 8.59. The lowest BCUT2D eigenvalue weighted by Gasteiger charge is -2.19. The van der Waals surface area contributed by atoms with Gasteiger partial charge in [-0.2, -0.15) is 4.31 Å². The molecule has 1 saturated carbocycles. The Bertz CT molecular complexity index is 282. The van der Waals surface area contributed by atoms with E-state index >= 15 is 0 Å². The van der Waals surface area contributed by atoms with Crippen LogP contribution in [0.15, 0.2) is 12.7 Å². The molecule has 4 nitrogen and oxygen atoms in total. The van der Waals surface area contributed by atoms with Crippen LogP contribution in [-0.4, -0.2) is 42.8 Å². The first-order chi connectivity index (χ1) is 6.61. The van der Waals surface area contributed by atoms with E-state index in [1.807, 2.05) is 0 Å². The number of hydrogen-bond donors (Lipinski definition) is 1. The number of aliphatic hydroxyl groups excluding tert-OH is 1. The van der Waals surface area contributed by atoms with Crippen LogP contribution >= 0.6 is 0 Å². The van der Waals surface area contributed by atoms with Crippen LogP contribution in [0.1, 0.15) is 19.3 Å². The molecule has 0 aliphatic heterocycles. The Kier molecular flexibility index (Phi) is 4.10. The Morgan fingerprint density at radius 3 is 2.57 bits per heavy atom. The third-order valence-electron chi connectivity index (χ3n) is 2.18. The first-order valence-corrected chi connectivity index (χ1v) is 6.44. The van der Waals surface area contributed by atoms with Crippen LogP contribution in [0.2, 0.25) is 0 Å². The van der Waals surface area contributed by atoms with Crippen LogP contribution < -0.4 is 0 Å². The number of aliphatic hydroxyl groups is 1. The fourth-order valence-corrected chi connectivity index (χ4v) is 3.07. The maximum atomic E-state index is 11.7. The lowest BCUT2D eigenvalue weighted by Crippen LogP contribution is -2.35. The summed E-state index contributed by atoms with van der Waals surface area (Å²) >= 11 is 0. The molecule has 0 amide bonds. The van der Waals surface area contributed by atoms with Crippen molar-refractivity contribution >= 4 is 10.0 Å². The Morgan fingerprint density at radius 2 is 2.14 bits per heavy atom. The molecule has 1 aliphatic carbocycles. The average Bonchev–Trinajstić information content (AvgIpc) is 2.94. The molecule has 0 radical (unpaired) electrons. The molecule has 0 bridgehead atoms. The molecule has 1 N–H and O–H groups in total. The predicted octanol–water partition coefficient (Wildman–Crippen LogP) is 0.349. The van der Waals surface area contributed by atoms with E-state index in [2.05, 4.69) is 6.58 Å². The molecule has 0 saturated heterocycles. The highest BCUT2D eigenvalue weighted by Crippen LogP contribution is 2.29. The summed E-state index contributed by atoms with van der Waals surface area (Å²) < 4.78 is 25.0. The summed E-state index contributed by atoms with van der Waals surface area (Å²) in [5.74, 6) is 0.0356. The molecule has 14 heavy (non-hydrogen) atoms. The minimum Gasteiger partial charge on any atom is -0.396 e. The smallest absolute Gasteiger partial charge is 0.214 e. The summed E-state index contributed by atoms with van der Waals surface area (Å²) in [6, 6.07) is 0.177. The van der Waals surface area contributed by atoms with Gasteiger partial charge in [0.05, 0.1) is 5.75 Å². The lowest BCUT2D eigenvalue weighted by molar-refractivity contribution is 0.294. The highest BCUT2D eigenvalue weighted by atomic mass is 32.2. The highest BCUT2D eigenvalue weighted by Gasteiger charge is 2.35. The van der Waals surface area contributed by atoms with Gasteiger partial charge in [0.2, 0.25) is 10.0 Å². The van der Waals surface area contributed by atoms with E-state index in [1.165, 1.54) is 4.31 Å². The molecule has 5 heteroatoms. The van der Waals surface area contributed by atoms with Crippen LogP contribution in [0.5, 0.6) is 0 Å². The fraction of sp³-hybridized carbons (Fsp3) is 0.778. The van der Waals surface area contributed by atoms with Gasteiger partial charge in [-0.3, -0.25) is 0 Å². The second kappa shape index (κ2) is 4.91. The monoisotopic (exact) mass is 219 g/mol. The van der Waals surface area contributed by atoms with Crippen molar-refractivity contribution in [3.63, 3.8) is 0 Å². The number of sulfonamides is 1. The van der Waals surface area contributed by atoms with E-state index < -0.39 is 10.0 Å². The SMILES string of the molecule is C=CCN(C1CC1)S(=O)(=O)CCCO. The van der Waals surface area contributed by atoms with Crippen LogP contribution in [-0.2, 0) is 10.0 Å². The molecule has 1 aliphatic rings.